The first kappa shape index (κ1) is 46.8. The number of allylic oxidation sites excluding steroid dienone is 2. The highest BCUT2D eigenvalue weighted by Crippen LogP contribution is 2.42. The molecule has 1 aliphatic carbocycles. The van der Waals surface area contributed by atoms with Crippen LogP contribution in [0, 0.1) is 5.41 Å². The first-order valence-electron chi connectivity index (χ1n) is 21.0. The van der Waals surface area contributed by atoms with E-state index in [-0.39, 0.29) is 61.8 Å². The number of carbonyl (C=O) groups excluding carboxylic acids is 1. The van der Waals surface area contributed by atoms with E-state index in [1.807, 2.05) is 32.9 Å². The number of rotatable bonds is 16. The fraction of sp³-hybridized carbons (Fsp3) is 0.370. The van der Waals surface area contributed by atoms with Crippen LogP contribution >= 0.6 is 0 Å². The summed E-state index contributed by atoms with van der Waals surface area (Å²) in [7, 11) is -5.18. The molecule has 65 heavy (non-hydrogen) atoms. The topological polar surface area (TPSA) is 212 Å². The standard InChI is InChI=1S/C46H53N7O10S2/c1-46(2,3)43-39(24-25-52(43)45(55)56)49-64(57,58)40-23-22-38(33-8-7-9-34(54)26-33)41(44-47-50-53(48-44)29-32-14-20-37(63-6)21-15-32)42(40)65(59,60)51(27-30-10-16-35(61-4)17-11-30)28-31-12-18-36(62-5)19-13-31/h10-23,26,39,43,49H,7-9,24-25,27-29H2,1-6H3,(H,55,56). The maximum Gasteiger partial charge on any atom is 0.407 e. The summed E-state index contributed by atoms with van der Waals surface area (Å²) in [6.07, 6.45) is 1.53. The van der Waals surface area contributed by atoms with Crippen molar-refractivity contribution in [2.75, 3.05) is 27.9 Å². The van der Waals surface area contributed by atoms with E-state index in [1.165, 1.54) is 46.4 Å². The number of likely N-dealkylation sites (tertiary alicyclic amines) is 1. The predicted octanol–water partition coefficient (Wildman–Crippen LogP) is 6.39. The molecule has 4 aromatic carbocycles. The molecule has 0 saturated carbocycles. The Morgan fingerprint density at radius 2 is 1.37 bits per heavy atom. The van der Waals surface area contributed by atoms with Crippen LogP contribution in [0.25, 0.3) is 17.0 Å². The summed E-state index contributed by atoms with van der Waals surface area (Å²) in [4.78, 5) is 26.7. The quantitative estimate of drug-likeness (QED) is 0.110. The van der Waals surface area contributed by atoms with Crippen molar-refractivity contribution in [3.8, 4) is 28.6 Å². The van der Waals surface area contributed by atoms with Gasteiger partial charge in [0.25, 0.3) is 0 Å². The number of tetrazole rings is 1. The lowest BCUT2D eigenvalue weighted by Crippen LogP contribution is -2.52. The monoisotopic (exact) mass is 927 g/mol. The number of hydrogen-bond acceptors (Lipinski definition) is 12. The molecule has 0 radical (unpaired) electrons. The number of methoxy groups -OCH3 is 3. The highest BCUT2D eigenvalue weighted by molar-refractivity contribution is 7.92. The first-order valence-corrected chi connectivity index (χ1v) is 23.9. The van der Waals surface area contributed by atoms with Gasteiger partial charge in [-0.2, -0.15) is 9.10 Å². The Morgan fingerprint density at radius 3 is 1.88 bits per heavy atom. The Kier molecular flexibility index (Phi) is 13.8. The zero-order valence-corrected chi connectivity index (χ0v) is 38.7. The summed E-state index contributed by atoms with van der Waals surface area (Å²) < 4.78 is 82.4. The normalized spacial score (nSPS) is 17.0. The molecule has 2 N–H and O–H groups in total. The van der Waals surface area contributed by atoms with Gasteiger partial charge in [0.05, 0.1) is 39.5 Å². The lowest BCUT2D eigenvalue weighted by atomic mass is 9.83. The van der Waals surface area contributed by atoms with Crippen molar-refractivity contribution in [1.82, 2.24) is 34.1 Å². The molecule has 1 fully saturated rings. The second kappa shape index (κ2) is 19.1. The zero-order chi connectivity index (χ0) is 46.7. The van der Waals surface area contributed by atoms with Gasteiger partial charge >= 0.3 is 6.09 Å². The van der Waals surface area contributed by atoms with Gasteiger partial charge in [0.15, 0.2) is 5.78 Å². The molecule has 1 aromatic heterocycles. The fourth-order valence-corrected chi connectivity index (χ4v) is 12.2. The molecule has 1 saturated heterocycles. The zero-order valence-electron chi connectivity index (χ0n) is 37.1. The van der Waals surface area contributed by atoms with E-state index in [0.717, 1.165) is 5.56 Å². The lowest BCUT2D eigenvalue weighted by Gasteiger charge is -2.37. The first-order chi connectivity index (χ1) is 30.9. The number of ketones is 1. The fourth-order valence-electron chi connectivity index (χ4n) is 8.52. The van der Waals surface area contributed by atoms with Crippen LogP contribution in [0.2, 0.25) is 0 Å². The summed E-state index contributed by atoms with van der Waals surface area (Å²) in [5, 5.41) is 23.5. The van der Waals surface area contributed by atoms with Gasteiger partial charge in [-0.3, -0.25) is 4.79 Å². The highest BCUT2D eigenvalue weighted by Gasteiger charge is 2.47. The molecule has 2 heterocycles. The van der Waals surface area contributed by atoms with Gasteiger partial charge < -0.3 is 24.2 Å². The molecule has 1 amide bonds. The second-order valence-corrected chi connectivity index (χ2v) is 20.6. The smallest absolute Gasteiger partial charge is 0.407 e. The molecule has 1 aliphatic heterocycles. The largest absolute Gasteiger partial charge is 0.497 e. The molecular formula is C46H53N7O10S2. The Hall–Kier alpha value is -6.15. The summed E-state index contributed by atoms with van der Waals surface area (Å²) in [6.45, 7) is 5.21. The summed E-state index contributed by atoms with van der Waals surface area (Å²) in [5.74, 6) is 1.37. The van der Waals surface area contributed by atoms with Crippen LogP contribution in [0.4, 0.5) is 4.79 Å². The van der Waals surface area contributed by atoms with Gasteiger partial charge in [-0.25, -0.2) is 26.4 Å². The van der Waals surface area contributed by atoms with E-state index in [0.29, 0.717) is 46.8 Å². The number of benzene rings is 4. The molecule has 2 atom stereocenters. The van der Waals surface area contributed by atoms with Crippen LogP contribution in [0.3, 0.4) is 0 Å². The van der Waals surface area contributed by atoms with E-state index in [9.17, 15) is 14.7 Å². The van der Waals surface area contributed by atoms with Crippen molar-refractivity contribution < 1.29 is 45.7 Å². The molecule has 5 aromatic rings. The summed E-state index contributed by atoms with van der Waals surface area (Å²) in [5.41, 5.74) is 1.77. The average molecular weight is 928 g/mol. The van der Waals surface area contributed by atoms with Gasteiger partial charge in [0, 0.05) is 32.1 Å². The summed E-state index contributed by atoms with van der Waals surface area (Å²) >= 11 is 0. The number of carbonyl (C=O) groups is 2. The Morgan fingerprint density at radius 1 is 0.815 bits per heavy atom. The Balaban J connectivity index is 1.47. The van der Waals surface area contributed by atoms with Crippen molar-refractivity contribution in [1.29, 1.82) is 0 Å². The van der Waals surface area contributed by atoms with Crippen LogP contribution in [0.15, 0.2) is 101 Å². The molecule has 2 aliphatic rings. The number of aromatic nitrogens is 4. The van der Waals surface area contributed by atoms with E-state index in [1.54, 1.807) is 67.8 Å². The third-order valence-electron chi connectivity index (χ3n) is 11.6. The van der Waals surface area contributed by atoms with E-state index in [4.69, 9.17) is 14.2 Å². The third kappa shape index (κ3) is 10.4. The van der Waals surface area contributed by atoms with Gasteiger partial charge in [0.1, 0.15) is 27.0 Å². The van der Waals surface area contributed by atoms with Crippen molar-refractivity contribution in [2.45, 2.75) is 88.0 Å². The molecule has 344 valence electrons. The molecule has 0 bridgehead atoms. The lowest BCUT2D eigenvalue weighted by molar-refractivity contribution is -0.114. The maximum absolute atomic E-state index is 16.0. The number of sulfonamides is 2. The minimum absolute atomic E-state index is 0.0563. The predicted molar refractivity (Wildman–Crippen MR) is 241 cm³/mol. The minimum Gasteiger partial charge on any atom is -0.497 e. The van der Waals surface area contributed by atoms with Gasteiger partial charge in [-0.1, -0.05) is 63.2 Å². The molecule has 2 unspecified atom stereocenters. The number of nitrogens with one attached hydrogen (secondary N) is 1. The van der Waals surface area contributed by atoms with Gasteiger partial charge in [-0.05, 0) is 106 Å². The molecular weight excluding hydrogens is 875 g/mol. The van der Waals surface area contributed by atoms with E-state index in [2.05, 4.69) is 20.1 Å². The van der Waals surface area contributed by atoms with Crippen molar-refractivity contribution >= 4 is 37.5 Å². The van der Waals surface area contributed by atoms with Gasteiger partial charge in [-0.15, -0.1) is 10.2 Å². The third-order valence-corrected chi connectivity index (χ3v) is 15.1. The SMILES string of the molecule is COc1ccc(CN(Cc2ccc(OC)cc2)S(=O)(=O)c2c(S(=O)(=O)NC3CCN(C(=O)O)C3C(C)(C)C)ccc(C3=CC(=O)CCC3)c2-c2nnn(Cc3ccc(OC)cc3)n2)cc1. The molecule has 7 rings (SSSR count). The summed E-state index contributed by atoms with van der Waals surface area (Å²) in [6, 6.07) is 21.8. The number of hydrogen-bond donors (Lipinski definition) is 2. The van der Waals surface area contributed by atoms with Crippen LogP contribution in [-0.4, -0.2) is 103 Å². The van der Waals surface area contributed by atoms with E-state index >= 15 is 16.8 Å². The highest BCUT2D eigenvalue weighted by atomic mass is 32.2. The van der Waals surface area contributed by atoms with Crippen LogP contribution in [0.1, 0.15) is 68.7 Å². The molecule has 0 spiro atoms. The van der Waals surface area contributed by atoms with Crippen LogP contribution in [0.5, 0.6) is 17.2 Å². The second-order valence-electron chi connectivity index (χ2n) is 17.1. The van der Waals surface area contributed by atoms with Crippen molar-refractivity contribution in [2.24, 2.45) is 5.41 Å². The van der Waals surface area contributed by atoms with Crippen molar-refractivity contribution in [3.05, 3.63) is 113 Å². The van der Waals surface area contributed by atoms with Crippen LogP contribution < -0.4 is 18.9 Å². The number of nitrogens with zero attached hydrogens (tertiary/aromatic N) is 6. The van der Waals surface area contributed by atoms with Gasteiger partial charge in [0.2, 0.25) is 25.9 Å². The van der Waals surface area contributed by atoms with Crippen molar-refractivity contribution in [3.63, 3.8) is 0 Å². The Labute approximate surface area is 379 Å². The number of ether oxygens (including phenoxy) is 3. The van der Waals surface area contributed by atoms with E-state index < -0.39 is 53.4 Å². The number of carboxylic acid groups (broad SMARTS) is 1. The maximum atomic E-state index is 16.0. The molecule has 19 heteroatoms. The van der Waals surface area contributed by atoms with Crippen LogP contribution in [-0.2, 0) is 44.5 Å². The molecule has 17 nitrogen and oxygen atoms in total. The Bertz CT molecular complexity index is 2740. The minimum atomic E-state index is -4.95. The average Bonchev–Trinajstić information content (AvgIpc) is 3.94. The number of amides is 1.